The van der Waals surface area contributed by atoms with Crippen molar-refractivity contribution in [2.75, 3.05) is 46.4 Å². The average Bonchev–Trinajstić information content (AvgIpc) is 2.60. The van der Waals surface area contributed by atoms with Gasteiger partial charge in [0.05, 0.1) is 11.5 Å². The molecule has 0 radical (unpaired) electrons. The Morgan fingerprint density at radius 1 is 1.16 bits per heavy atom. The van der Waals surface area contributed by atoms with Crippen LogP contribution in [0.15, 0.2) is 23.1 Å². The molecule has 1 aromatic carbocycles. The number of ether oxygens (including phenoxy) is 1. The standard InChI is InChI=1S/C19H32N2O3S/c1-5-6-18-15-17(16(2)3)7-8-19(18)25(22,23)21-11-9-20(10-12-21)13-14-24-4/h7-8,15-16H,5-6,9-14H2,1-4H3. The third-order valence-corrected chi connectivity index (χ3v) is 6.83. The lowest BCUT2D eigenvalue weighted by molar-refractivity contribution is 0.123. The van der Waals surface area contributed by atoms with Gasteiger partial charge in [0.25, 0.3) is 0 Å². The van der Waals surface area contributed by atoms with Crippen molar-refractivity contribution in [1.29, 1.82) is 0 Å². The van der Waals surface area contributed by atoms with Crippen LogP contribution in [-0.4, -0.2) is 64.1 Å². The molecule has 0 aromatic heterocycles. The smallest absolute Gasteiger partial charge is 0.243 e. The number of benzene rings is 1. The Balaban J connectivity index is 2.19. The van der Waals surface area contributed by atoms with Crippen LogP contribution in [0.25, 0.3) is 0 Å². The van der Waals surface area contributed by atoms with E-state index in [1.807, 2.05) is 12.1 Å². The van der Waals surface area contributed by atoms with Gasteiger partial charge in [-0.15, -0.1) is 0 Å². The van der Waals surface area contributed by atoms with E-state index in [-0.39, 0.29) is 0 Å². The van der Waals surface area contributed by atoms with E-state index in [0.29, 0.717) is 30.5 Å². The van der Waals surface area contributed by atoms with Gasteiger partial charge in [0.2, 0.25) is 10.0 Å². The van der Waals surface area contributed by atoms with E-state index in [2.05, 4.69) is 31.7 Å². The molecule has 1 aliphatic rings. The minimum Gasteiger partial charge on any atom is -0.383 e. The summed E-state index contributed by atoms with van der Waals surface area (Å²) in [6.45, 7) is 10.5. The molecule has 0 aliphatic carbocycles. The second-order valence-electron chi connectivity index (χ2n) is 7.01. The van der Waals surface area contributed by atoms with Gasteiger partial charge in [-0.2, -0.15) is 4.31 Å². The minimum absolute atomic E-state index is 0.400. The van der Waals surface area contributed by atoms with E-state index in [1.54, 1.807) is 11.4 Å². The number of methoxy groups -OCH3 is 1. The van der Waals surface area contributed by atoms with Crippen molar-refractivity contribution >= 4 is 10.0 Å². The van der Waals surface area contributed by atoms with Crippen molar-refractivity contribution in [3.63, 3.8) is 0 Å². The van der Waals surface area contributed by atoms with Crippen LogP contribution in [0.4, 0.5) is 0 Å². The van der Waals surface area contributed by atoms with Crippen molar-refractivity contribution in [3.8, 4) is 0 Å². The summed E-state index contributed by atoms with van der Waals surface area (Å²) in [7, 11) is -1.73. The van der Waals surface area contributed by atoms with Crippen LogP contribution in [0.2, 0.25) is 0 Å². The van der Waals surface area contributed by atoms with Crippen molar-refractivity contribution in [3.05, 3.63) is 29.3 Å². The van der Waals surface area contributed by atoms with Gasteiger partial charge in [-0.05, 0) is 29.5 Å². The Bertz CT molecular complexity index is 651. The summed E-state index contributed by atoms with van der Waals surface area (Å²) in [5.41, 5.74) is 2.15. The molecule has 1 heterocycles. The maximum Gasteiger partial charge on any atom is 0.243 e. The molecule has 1 aromatic rings. The second kappa shape index (κ2) is 9.12. The summed E-state index contributed by atoms with van der Waals surface area (Å²) in [6.07, 6.45) is 1.73. The van der Waals surface area contributed by atoms with Gasteiger partial charge in [0, 0.05) is 39.8 Å². The molecule has 2 rings (SSSR count). The first-order valence-corrected chi connectivity index (χ1v) is 10.7. The van der Waals surface area contributed by atoms with Gasteiger partial charge in [-0.1, -0.05) is 39.3 Å². The second-order valence-corrected chi connectivity index (χ2v) is 8.92. The molecule has 25 heavy (non-hydrogen) atoms. The Hall–Kier alpha value is -0.950. The zero-order chi connectivity index (χ0) is 18.4. The first kappa shape index (κ1) is 20.4. The van der Waals surface area contributed by atoms with E-state index < -0.39 is 10.0 Å². The third-order valence-electron chi connectivity index (χ3n) is 4.83. The topological polar surface area (TPSA) is 49.9 Å². The van der Waals surface area contributed by atoms with E-state index in [4.69, 9.17) is 4.74 Å². The molecule has 1 fully saturated rings. The maximum atomic E-state index is 13.2. The molecule has 0 spiro atoms. The predicted octanol–water partition coefficient (Wildman–Crippen LogP) is 2.72. The molecule has 6 heteroatoms. The van der Waals surface area contributed by atoms with Crippen LogP contribution in [-0.2, 0) is 21.2 Å². The van der Waals surface area contributed by atoms with Crippen molar-refractivity contribution < 1.29 is 13.2 Å². The summed E-state index contributed by atoms with van der Waals surface area (Å²) >= 11 is 0. The van der Waals surface area contributed by atoms with Crippen LogP contribution in [0.3, 0.4) is 0 Å². The quantitative estimate of drug-likeness (QED) is 0.708. The predicted molar refractivity (Wildman–Crippen MR) is 102 cm³/mol. The van der Waals surface area contributed by atoms with Crippen LogP contribution >= 0.6 is 0 Å². The summed E-state index contributed by atoms with van der Waals surface area (Å²) in [4.78, 5) is 2.74. The zero-order valence-electron chi connectivity index (χ0n) is 16.0. The molecule has 1 aliphatic heterocycles. The first-order chi connectivity index (χ1) is 11.9. The number of hydrogen-bond acceptors (Lipinski definition) is 4. The molecule has 0 amide bonds. The SMILES string of the molecule is CCCc1cc(C(C)C)ccc1S(=O)(=O)N1CCN(CCOC)CC1. The largest absolute Gasteiger partial charge is 0.383 e. The van der Waals surface area contributed by atoms with Crippen LogP contribution in [0.1, 0.15) is 44.2 Å². The van der Waals surface area contributed by atoms with E-state index in [9.17, 15) is 8.42 Å². The lowest BCUT2D eigenvalue weighted by Gasteiger charge is -2.34. The number of hydrogen-bond donors (Lipinski definition) is 0. The lowest BCUT2D eigenvalue weighted by atomic mass is 9.99. The Morgan fingerprint density at radius 3 is 2.40 bits per heavy atom. The highest BCUT2D eigenvalue weighted by Gasteiger charge is 2.30. The summed E-state index contributed by atoms with van der Waals surface area (Å²) in [5.74, 6) is 0.400. The molecule has 0 unspecified atom stereocenters. The molecule has 0 N–H and O–H groups in total. The Kier molecular flexibility index (Phi) is 7.43. The minimum atomic E-state index is -3.43. The van der Waals surface area contributed by atoms with E-state index in [1.165, 1.54) is 5.56 Å². The number of nitrogens with zero attached hydrogens (tertiary/aromatic N) is 2. The van der Waals surface area contributed by atoms with E-state index in [0.717, 1.165) is 38.0 Å². The third kappa shape index (κ3) is 5.03. The maximum absolute atomic E-state index is 13.2. The highest BCUT2D eigenvalue weighted by molar-refractivity contribution is 7.89. The fraction of sp³-hybridized carbons (Fsp3) is 0.684. The highest BCUT2D eigenvalue weighted by Crippen LogP contribution is 2.26. The Morgan fingerprint density at radius 2 is 1.84 bits per heavy atom. The summed E-state index contributed by atoms with van der Waals surface area (Å²) in [6, 6.07) is 5.86. The van der Waals surface area contributed by atoms with Crippen molar-refractivity contribution in [2.24, 2.45) is 0 Å². The summed E-state index contributed by atoms with van der Waals surface area (Å²) in [5, 5.41) is 0. The molecular weight excluding hydrogens is 336 g/mol. The number of piperazine rings is 1. The van der Waals surface area contributed by atoms with Crippen molar-refractivity contribution in [2.45, 2.75) is 44.4 Å². The number of sulfonamides is 1. The molecular formula is C19H32N2O3S. The zero-order valence-corrected chi connectivity index (χ0v) is 16.8. The van der Waals surface area contributed by atoms with Crippen LogP contribution in [0.5, 0.6) is 0 Å². The van der Waals surface area contributed by atoms with E-state index >= 15 is 0 Å². The van der Waals surface area contributed by atoms with Crippen LogP contribution < -0.4 is 0 Å². The fourth-order valence-electron chi connectivity index (χ4n) is 3.23. The average molecular weight is 369 g/mol. The fourth-order valence-corrected chi connectivity index (χ4v) is 4.88. The summed E-state index contributed by atoms with van der Waals surface area (Å²) < 4.78 is 33.1. The van der Waals surface area contributed by atoms with Gasteiger partial charge >= 0.3 is 0 Å². The van der Waals surface area contributed by atoms with Gasteiger partial charge < -0.3 is 4.74 Å². The van der Waals surface area contributed by atoms with Gasteiger partial charge in [0.15, 0.2) is 0 Å². The molecule has 0 bridgehead atoms. The molecule has 1 saturated heterocycles. The van der Waals surface area contributed by atoms with Gasteiger partial charge in [-0.3, -0.25) is 4.90 Å². The van der Waals surface area contributed by atoms with Crippen LogP contribution in [0, 0.1) is 0 Å². The molecule has 0 atom stereocenters. The Labute approximate surface area is 153 Å². The monoisotopic (exact) mass is 368 g/mol. The molecule has 142 valence electrons. The highest BCUT2D eigenvalue weighted by atomic mass is 32.2. The lowest BCUT2D eigenvalue weighted by Crippen LogP contribution is -2.49. The normalized spacial score (nSPS) is 17.3. The van der Waals surface area contributed by atoms with Gasteiger partial charge in [-0.25, -0.2) is 8.42 Å². The van der Waals surface area contributed by atoms with Gasteiger partial charge in [0.1, 0.15) is 0 Å². The number of aryl methyl sites for hydroxylation is 1. The number of rotatable bonds is 8. The van der Waals surface area contributed by atoms with Crippen molar-refractivity contribution in [1.82, 2.24) is 9.21 Å². The first-order valence-electron chi connectivity index (χ1n) is 9.24. The molecule has 5 nitrogen and oxygen atoms in total. The molecule has 0 saturated carbocycles.